The lowest BCUT2D eigenvalue weighted by atomic mass is 10.1. The molecule has 1 aliphatic heterocycles. The standard InChI is InChI=1S/C21H26N4O2S/c1-15-6-2-5-9-18(15)24-10-12-25(13-11-24)21(27)17-14-28-20(23-17)19(26)22-16-7-3-4-8-16/h2,5-6,9,14,16H,3-4,7-8,10-13H2,1H3,(H,22,26). The summed E-state index contributed by atoms with van der Waals surface area (Å²) in [5.74, 6) is -0.235. The van der Waals surface area contributed by atoms with Crippen molar-refractivity contribution in [1.29, 1.82) is 0 Å². The van der Waals surface area contributed by atoms with Crippen molar-refractivity contribution >= 4 is 28.8 Å². The van der Waals surface area contributed by atoms with Gasteiger partial charge in [0.1, 0.15) is 5.69 Å². The van der Waals surface area contributed by atoms with Gasteiger partial charge in [0.2, 0.25) is 0 Å². The molecule has 1 aromatic carbocycles. The molecule has 0 radical (unpaired) electrons. The molecule has 2 aromatic rings. The molecule has 6 nitrogen and oxygen atoms in total. The quantitative estimate of drug-likeness (QED) is 0.860. The van der Waals surface area contributed by atoms with E-state index < -0.39 is 0 Å². The van der Waals surface area contributed by atoms with Gasteiger partial charge in [0.25, 0.3) is 11.8 Å². The Kier molecular flexibility index (Phi) is 5.62. The van der Waals surface area contributed by atoms with Crippen molar-refractivity contribution in [2.75, 3.05) is 31.1 Å². The summed E-state index contributed by atoms with van der Waals surface area (Å²) in [6, 6.07) is 8.59. The summed E-state index contributed by atoms with van der Waals surface area (Å²) in [6.07, 6.45) is 4.41. The van der Waals surface area contributed by atoms with Gasteiger partial charge in [-0.05, 0) is 31.4 Å². The molecule has 0 bridgehead atoms. The number of rotatable bonds is 4. The van der Waals surface area contributed by atoms with Crippen LogP contribution in [-0.2, 0) is 0 Å². The van der Waals surface area contributed by atoms with E-state index in [1.54, 1.807) is 5.38 Å². The first-order valence-corrected chi connectivity index (χ1v) is 10.9. The molecule has 148 valence electrons. The Labute approximate surface area is 169 Å². The van der Waals surface area contributed by atoms with Crippen LogP contribution in [0.3, 0.4) is 0 Å². The van der Waals surface area contributed by atoms with E-state index in [9.17, 15) is 9.59 Å². The Balaban J connectivity index is 1.35. The predicted octanol–water partition coefficient (Wildman–Crippen LogP) is 3.09. The lowest BCUT2D eigenvalue weighted by Gasteiger charge is -2.36. The van der Waals surface area contributed by atoms with Gasteiger partial charge >= 0.3 is 0 Å². The lowest BCUT2D eigenvalue weighted by Crippen LogP contribution is -2.49. The maximum Gasteiger partial charge on any atom is 0.280 e. The molecule has 28 heavy (non-hydrogen) atoms. The van der Waals surface area contributed by atoms with E-state index in [1.807, 2.05) is 17.0 Å². The fourth-order valence-electron chi connectivity index (χ4n) is 4.02. The van der Waals surface area contributed by atoms with Gasteiger partial charge in [-0.1, -0.05) is 31.0 Å². The first kappa shape index (κ1) is 18.9. The van der Waals surface area contributed by atoms with Crippen LogP contribution in [0.1, 0.15) is 51.5 Å². The zero-order valence-corrected chi connectivity index (χ0v) is 17.0. The van der Waals surface area contributed by atoms with Crippen LogP contribution in [0.4, 0.5) is 5.69 Å². The number of amides is 2. The number of carbonyl (C=O) groups is 2. The van der Waals surface area contributed by atoms with Gasteiger partial charge in [0.15, 0.2) is 5.01 Å². The van der Waals surface area contributed by atoms with Crippen molar-refractivity contribution in [2.24, 2.45) is 0 Å². The number of benzene rings is 1. The number of thiazole rings is 1. The zero-order valence-electron chi connectivity index (χ0n) is 16.2. The maximum absolute atomic E-state index is 12.8. The molecule has 1 aliphatic carbocycles. The second-order valence-corrected chi connectivity index (χ2v) is 8.42. The van der Waals surface area contributed by atoms with Crippen LogP contribution in [0, 0.1) is 6.92 Å². The molecule has 1 N–H and O–H groups in total. The number of hydrogen-bond donors (Lipinski definition) is 1. The predicted molar refractivity (Wildman–Crippen MR) is 111 cm³/mol. The number of para-hydroxylation sites is 1. The molecular weight excluding hydrogens is 372 g/mol. The normalized spacial score (nSPS) is 17.8. The Morgan fingerprint density at radius 1 is 1.11 bits per heavy atom. The summed E-state index contributed by atoms with van der Waals surface area (Å²) in [4.78, 5) is 33.6. The highest BCUT2D eigenvalue weighted by atomic mass is 32.1. The van der Waals surface area contributed by atoms with Crippen LogP contribution in [-0.4, -0.2) is 53.9 Å². The van der Waals surface area contributed by atoms with Crippen molar-refractivity contribution in [3.05, 3.63) is 45.9 Å². The average Bonchev–Trinajstić information content (AvgIpc) is 3.40. The van der Waals surface area contributed by atoms with Crippen LogP contribution in [0.5, 0.6) is 0 Å². The Morgan fingerprint density at radius 3 is 2.54 bits per heavy atom. The van der Waals surface area contributed by atoms with Crippen LogP contribution < -0.4 is 10.2 Å². The van der Waals surface area contributed by atoms with Crippen LogP contribution in [0.15, 0.2) is 29.6 Å². The highest BCUT2D eigenvalue weighted by molar-refractivity contribution is 7.11. The van der Waals surface area contributed by atoms with Gasteiger partial charge in [-0.15, -0.1) is 11.3 Å². The molecule has 0 spiro atoms. The third-order valence-corrected chi connectivity index (χ3v) is 6.47. The van der Waals surface area contributed by atoms with Crippen molar-refractivity contribution in [2.45, 2.75) is 38.6 Å². The maximum atomic E-state index is 12.8. The molecule has 2 aliphatic rings. The van der Waals surface area contributed by atoms with Crippen molar-refractivity contribution in [1.82, 2.24) is 15.2 Å². The van der Waals surface area contributed by atoms with E-state index in [-0.39, 0.29) is 17.9 Å². The van der Waals surface area contributed by atoms with Gasteiger partial charge in [-0.3, -0.25) is 9.59 Å². The topological polar surface area (TPSA) is 65.5 Å². The third-order valence-electron chi connectivity index (χ3n) is 5.63. The number of anilines is 1. The first-order chi connectivity index (χ1) is 13.6. The van der Waals surface area contributed by atoms with Crippen molar-refractivity contribution in [3.8, 4) is 0 Å². The summed E-state index contributed by atoms with van der Waals surface area (Å²) >= 11 is 1.25. The molecule has 2 amide bonds. The minimum atomic E-state index is -0.152. The number of nitrogens with zero attached hydrogens (tertiary/aromatic N) is 3. The van der Waals surface area contributed by atoms with Crippen molar-refractivity contribution < 1.29 is 9.59 Å². The molecule has 7 heteroatoms. The summed E-state index contributed by atoms with van der Waals surface area (Å²) in [5, 5.41) is 5.12. The van der Waals surface area contributed by atoms with E-state index in [2.05, 4.69) is 34.3 Å². The second-order valence-electron chi connectivity index (χ2n) is 7.56. The van der Waals surface area contributed by atoms with E-state index in [0.29, 0.717) is 23.8 Å². The molecule has 1 saturated heterocycles. The van der Waals surface area contributed by atoms with E-state index >= 15 is 0 Å². The summed E-state index contributed by atoms with van der Waals surface area (Å²) < 4.78 is 0. The molecule has 1 aromatic heterocycles. The minimum absolute atomic E-state index is 0.0828. The lowest BCUT2D eigenvalue weighted by molar-refractivity contribution is 0.0741. The van der Waals surface area contributed by atoms with Crippen LogP contribution in [0.2, 0.25) is 0 Å². The van der Waals surface area contributed by atoms with Crippen LogP contribution >= 0.6 is 11.3 Å². The minimum Gasteiger partial charge on any atom is -0.368 e. The van der Waals surface area contributed by atoms with E-state index in [1.165, 1.54) is 35.4 Å². The molecule has 0 unspecified atom stereocenters. The van der Waals surface area contributed by atoms with Gasteiger partial charge in [-0.2, -0.15) is 0 Å². The average molecular weight is 399 g/mol. The third kappa shape index (κ3) is 4.04. The van der Waals surface area contributed by atoms with Crippen molar-refractivity contribution in [3.63, 3.8) is 0 Å². The summed E-state index contributed by atoms with van der Waals surface area (Å²) in [6.45, 7) is 5.04. The van der Waals surface area contributed by atoms with E-state index in [0.717, 1.165) is 25.9 Å². The number of aryl methyl sites for hydroxylation is 1. The van der Waals surface area contributed by atoms with E-state index in [4.69, 9.17) is 0 Å². The number of aromatic nitrogens is 1. The number of piperazine rings is 1. The van der Waals surface area contributed by atoms with Gasteiger partial charge < -0.3 is 15.1 Å². The van der Waals surface area contributed by atoms with Crippen LogP contribution in [0.25, 0.3) is 0 Å². The highest BCUT2D eigenvalue weighted by Crippen LogP contribution is 2.22. The summed E-state index contributed by atoms with van der Waals surface area (Å²) in [5.41, 5.74) is 2.86. The molecule has 2 heterocycles. The Bertz CT molecular complexity index is 852. The fourth-order valence-corrected chi connectivity index (χ4v) is 4.72. The molecular formula is C21H26N4O2S. The molecule has 4 rings (SSSR count). The molecule has 1 saturated carbocycles. The SMILES string of the molecule is Cc1ccccc1N1CCN(C(=O)c2csc(C(=O)NC3CCCC3)n2)CC1. The van der Waals surface area contributed by atoms with Gasteiger partial charge in [0, 0.05) is 43.3 Å². The molecule has 0 atom stereocenters. The highest BCUT2D eigenvalue weighted by Gasteiger charge is 2.26. The Morgan fingerprint density at radius 2 is 1.82 bits per heavy atom. The first-order valence-electron chi connectivity index (χ1n) is 9.98. The smallest absolute Gasteiger partial charge is 0.280 e. The number of nitrogens with one attached hydrogen (secondary N) is 1. The van der Waals surface area contributed by atoms with Gasteiger partial charge in [-0.25, -0.2) is 4.98 Å². The second kappa shape index (κ2) is 8.31. The monoisotopic (exact) mass is 398 g/mol. The molecule has 2 fully saturated rings. The number of carbonyl (C=O) groups excluding carboxylic acids is 2. The fraction of sp³-hybridized carbons (Fsp3) is 0.476. The largest absolute Gasteiger partial charge is 0.368 e. The Hall–Kier alpha value is -2.41. The summed E-state index contributed by atoms with van der Waals surface area (Å²) in [7, 11) is 0. The van der Waals surface area contributed by atoms with Gasteiger partial charge in [0.05, 0.1) is 0 Å². The number of hydrogen-bond acceptors (Lipinski definition) is 5. The zero-order chi connectivity index (χ0) is 19.5.